The molecule has 1 amide bonds. The van der Waals surface area contributed by atoms with Crippen molar-refractivity contribution in [3.05, 3.63) is 77.4 Å². The summed E-state index contributed by atoms with van der Waals surface area (Å²) in [5.41, 5.74) is 1.14. The number of nitrogens with one attached hydrogen (secondary N) is 1. The molecule has 6 heteroatoms. The van der Waals surface area contributed by atoms with Gasteiger partial charge in [-0.2, -0.15) is 5.10 Å². The second-order valence-corrected chi connectivity index (χ2v) is 5.18. The molecule has 0 heterocycles. The third-order valence-corrected chi connectivity index (χ3v) is 3.53. The molecule has 120 valence electrons. The average Bonchev–Trinajstić information content (AvgIpc) is 2.57. The van der Waals surface area contributed by atoms with Crippen molar-refractivity contribution in [1.29, 1.82) is 0 Å². The van der Waals surface area contributed by atoms with Crippen molar-refractivity contribution in [2.24, 2.45) is 10.9 Å². The zero-order valence-electron chi connectivity index (χ0n) is 12.5. The maximum Gasteiger partial charge on any atom is 0.255 e. The summed E-state index contributed by atoms with van der Waals surface area (Å²) in [4.78, 5) is 12.3. The first-order chi connectivity index (χ1) is 11.6. The molecular weight excluding hydrogens is 312 g/mol. The van der Waals surface area contributed by atoms with Crippen LogP contribution in [-0.2, 0) is 0 Å². The fourth-order valence-electron chi connectivity index (χ4n) is 2.36. The highest BCUT2D eigenvalue weighted by atomic mass is 19.1. The van der Waals surface area contributed by atoms with Crippen molar-refractivity contribution in [2.75, 3.05) is 5.32 Å². The third kappa shape index (κ3) is 3.22. The first-order valence-corrected chi connectivity index (χ1v) is 7.10. The summed E-state index contributed by atoms with van der Waals surface area (Å²) >= 11 is 0. The highest BCUT2D eigenvalue weighted by molar-refractivity contribution is 6.06. The van der Waals surface area contributed by atoms with E-state index in [4.69, 9.17) is 5.84 Å². The van der Waals surface area contributed by atoms with E-state index in [0.29, 0.717) is 5.56 Å². The van der Waals surface area contributed by atoms with Crippen LogP contribution in [-0.4, -0.2) is 12.1 Å². The molecule has 0 aliphatic heterocycles. The van der Waals surface area contributed by atoms with Crippen LogP contribution in [0.15, 0.2) is 59.7 Å². The number of nitrogens with zero attached hydrogens (tertiary/aromatic N) is 1. The summed E-state index contributed by atoms with van der Waals surface area (Å²) in [6, 6.07) is 13.6. The predicted molar refractivity (Wildman–Crippen MR) is 90.0 cm³/mol. The van der Waals surface area contributed by atoms with Gasteiger partial charge >= 0.3 is 0 Å². The van der Waals surface area contributed by atoms with Gasteiger partial charge in [-0.3, -0.25) is 4.79 Å². The first kappa shape index (κ1) is 15.6. The number of nitrogens with two attached hydrogens (primary N) is 1. The largest absolute Gasteiger partial charge is 0.323 e. The molecule has 3 aromatic rings. The fraction of sp³-hybridized carbons (Fsp3) is 0. The lowest BCUT2D eigenvalue weighted by Crippen LogP contribution is -2.13. The second kappa shape index (κ2) is 6.45. The topological polar surface area (TPSA) is 67.5 Å². The average molecular weight is 325 g/mol. The number of carbonyl (C=O) groups is 1. The van der Waals surface area contributed by atoms with Crippen LogP contribution in [0.4, 0.5) is 14.5 Å². The number of halogens is 2. The maximum absolute atomic E-state index is 13.6. The molecule has 3 rings (SSSR count). The molecule has 24 heavy (non-hydrogen) atoms. The summed E-state index contributed by atoms with van der Waals surface area (Å²) in [7, 11) is 0. The summed E-state index contributed by atoms with van der Waals surface area (Å²) in [5, 5.41) is 7.66. The minimum Gasteiger partial charge on any atom is -0.323 e. The molecule has 0 bridgehead atoms. The van der Waals surface area contributed by atoms with Gasteiger partial charge in [-0.25, -0.2) is 8.78 Å². The molecule has 0 atom stereocenters. The minimum absolute atomic E-state index is 0.0731. The Morgan fingerprint density at radius 1 is 1.00 bits per heavy atom. The molecule has 0 aromatic heterocycles. The number of fused-ring (bicyclic) bond motifs is 1. The van der Waals surface area contributed by atoms with E-state index in [2.05, 4.69) is 10.4 Å². The zero-order valence-corrected chi connectivity index (χ0v) is 12.5. The highest BCUT2D eigenvalue weighted by Gasteiger charge is 2.10. The Labute approximate surface area is 136 Å². The SMILES string of the molecule is NN=Cc1ccc2cc(C(=O)Nc3ccc(F)cc3F)ccc2c1. The standard InChI is InChI=1S/C18H13F2N3O/c19-15-5-6-17(16(20)9-15)23-18(24)14-4-3-12-7-11(10-22-21)1-2-13(12)8-14/h1-10H,21H2,(H,23,24). The Hall–Kier alpha value is -3.28. The Bertz CT molecular complexity index is 954. The van der Waals surface area contributed by atoms with E-state index in [0.717, 1.165) is 28.5 Å². The van der Waals surface area contributed by atoms with Crippen molar-refractivity contribution in [1.82, 2.24) is 0 Å². The van der Waals surface area contributed by atoms with Crippen LogP contribution in [0, 0.1) is 11.6 Å². The highest BCUT2D eigenvalue weighted by Crippen LogP contribution is 2.20. The van der Waals surface area contributed by atoms with Gasteiger partial charge < -0.3 is 11.2 Å². The van der Waals surface area contributed by atoms with Crippen LogP contribution in [0.3, 0.4) is 0 Å². The number of hydrogen-bond acceptors (Lipinski definition) is 3. The number of hydrazone groups is 1. The van der Waals surface area contributed by atoms with Crippen molar-refractivity contribution in [3.63, 3.8) is 0 Å². The molecule has 3 N–H and O–H groups in total. The van der Waals surface area contributed by atoms with Crippen LogP contribution >= 0.6 is 0 Å². The fourth-order valence-corrected chi connectivity index (χ4v) is 2.36. The number of hydrogen-bond donors (Lipinski definition) is 2. The van der Waals surface area contributed by atoms with Crippen LogP contribution in [0.5, 0.6) is 0 Å². The quantitative estimate of drug-likeness (QED) is 0.438. The van der Waals surface area contributed by atoms with Gasteiger partial charge in [0.05, 0.1) is 11.9 Å². The molecule has 0 aliphatic carbocycles. The lowest BCUT2D eigenvalue weighted by atomic mass is 10.0. The predicted octanol–water partition coefficient (Wildman–Crippen LogP) is 3.66. The van der Waals surface area contributed by atoms with E-state index in [9.17, 15) is 13.6 Å². The van der Waals surface area contributed by atoms with Gasteiger partial charge in [0.1, 0.15) is 11.6 Å². The zero-order chi connectivity index (χ0) is 17.1. The van der Waals surface area contributed by atoms with Crippen LogP contribution < -0.4 is 11.2 Å². The number of carbonyl (C=O) groups excluding carboxylic acids is 1. The van der Waals surface area contributed by atoms with E-state index < -0.39 is 17.5 Å². The molecule has 4 nitrogen and oxygen atoms in total. The van der Waals surface area contributed by atoms with Gasteiger partial charge in [0, 0.05) is 11.6 Å². The normalized spacial score (nSPS) is 11.1. The van der Waals surface area contributed by atoms with Crippen LogP contribution in [0.1, 0.15) is 15.9 Å². The third-order valence-electron chi connectivity index (χ3n) is 3.53. The summed E-state index contributed by atoms with van der Waals surface area (Å²) in [6.07, 6.45) is 1.53. The van der Waals surface area contributed by atoms with Gasteiger partial charge in [-0.05, 0) is 46.7 Å². The molecule has 0 radical (unpaired) electrons. The Morgan fingerprint density at radius 2 is 1.75 bits per heavy atom. The Balaban J connectivity index is 1.88. The van der Waals surface area contributed by atoms with E-state index >= 15 is 0 Å². The molecule has 0 unspecified atom stereocenters. The molecular formula is C18H13F2N3O. The Kier molecular flexibility index (Phi) is 4.20. The first-order valence-electron chi connectivity index (χ1n) is 7.10. The van der Waals surface area contributed by atoms with Gasteiger partial charge in [-0.15, -0.1) is 0 Å². The van der Waals surface area contributed by atoms with Gasteiger partial charge in [0.25, 0.3) is 5.91 Å². The van der Waals surface area contributed by atoms with Gasteiger partial charge in [-0.1, -0.05) is 18.2 Å². The number of amides is 1. The summed E-state index contributed by atoms with van der Waals surface area (Å²) in [5.74, 6) is 3.12. The molecule has 3 aromatic carbocycles. The van der Waals surface area contributed by atoms with E-state index in [1.54, 1.807) is 18.2 Å². The summed E-state index contributed by atoms with van der Waals surface area (Å²) in [6.45, 7) is 0. The Morgan fingerprint density at radius 3 is 2.50 bits per heavy atom. The molecule has 0 aliphatic rings. The lowest BCUT2D eigenvalue weighted by molar-refractivity contribution is 0.102. The number of benzene rings is 3. The van der Waals surface area contributed by atoms with Crippen molar-refractivity contribution in [2.45, 2.75) is 0 Å². The van der Waals surface area contributed by atoms with E-state index in [-0.39, 0.29) is 5.69 Å². The van der Waals surface area contributed by atoms with Crippen molar-refractivity contribution >= 4 is 28.6 Å². The van der Waals surface area contributed by atoms with Gasteiger partial charge in [0.15, 0.2) is 0 Å². The van der Waals surface area contributed by atoms with Crippen molar-refractivity contribution < 1.29 is 13.6 Å². The molecule has 0 fully saturated rings. The van der Waals surface area contributed by atoms with Gasteiger partial charge in [0.2, 0.25) is 0 Å². The second-order valence-electron chi connectivity index (χ2n) is 5.18. The molecule has 0 saturated heterocycles. The minimum atomic E-state index is -0.824. The summed E-state index contributed by atoms with van der Waals surface area (Å²) < 4.78 is 26.5. The monoisotopic (exact) mass is 325 g/mol. The maximum atomic E-state index is 13.6. The van der Waals surface area contributed by atoms with E-state index in [1.807, 2.05) is 18.2 Å². The lowest BCUT2D eigenvalue weighted by Gasteiger charge is -2.08. The smallest absolute Gasteiger partial charge is 0.255 e. The van der Waals surface area contributed by atoms with E-state index in [1.165, 1.54) is 12.3 Å². The molecule has 0 saturated carbocycles. The van der Waals surface area contributed by atoms with Crippen molar-refractivity contribution in [3.8, 4) is 0 Å². The van der Waals surface area contributed by atoms with Crippen LogP contribution in [0.2, 0.25) is 0 Å². The molecule has 0 spiro atoms. The van der Waals surface area contributed by atoms with Crippen LogP contribution in [0.25, 0.3) is 10.8 Å². The number of anilines is 1. The number of rotatable bonds is 3.